The zero-order chi connectivity index (χ0) is 15.0. The van der Waals surface area contributed by atoms with Gasteiger partial charge in [0.2, 0.25) is 0 Å². The van der Waals surface area contributed by atoms with Gasteiger partial charge >= 0.3 is 0 Å². The van der Waals surface area contributed by atoms with E-state index >= 15 is 0 Å². The van der Waals surface area contributed by atoms with Crippen LogP contribution in [-0.4, -0.2) is 6.61 Å². The Labute approximate surface area is 125 Å². The van der Waals surface area contributed by atoms with E-state index in [1.165, 1.54) is 31.2 Å². The number of ether oxygens (including phenoxy) is 1. The van der Waals surface area contributed by atoms with Crippen molar-refractivity contribution in [1.82, 2.24) is 0 Å². The van der Waals surface area contributed by atoms with Crippen molar-refractivity contribution in [3.63, 3.8) is 0 Å². The highest BCUT2D eigenvalue weighted by Crippen LogP contribution is 2.28. The molecule has 1 aromatic rings. The van der Waals surface area contributed by atoms with Gasteiger partial charge in [0.05, 0.1) is 6.61 Å². The molecule has 0 saturated carbocycles. The molecule has 0 saturated heterocycles. The Morgan fingerprint density at radius 2 is 1.70 bits per heavy atom. The SMILES string of the molecule is CCCCC(CC)COc1ccc(C(C)(C)CC)cc1. The molecular formula is C19H32O. The minimum Gasteiger partial charge on any atom is -0.493 e. The predicted octanol–water partition coefficient (Wildman–Crippen LogP) is 5.97. The van der Waals surface area contributed by atoms with Crippen LogP contribution in [0.5, 0.6) is 5.75 Å². The van der Waals surface area contributed by atoms with Crippen molar-refractivity contribution in [2.45, 2.75) is 72.1 Å². The van der Waals surface area contributed by atoms with Crippen molar-refractivity contribution in [2.24, 2.45) is 5.92 Å². The first kappa shape index (κ1) is 17.1. The van der Waals surface area contributed by atoms with Gasteiger partial charge in [0.25, 0.3) is 0 Å². The monoisotopic (exact) mass is 276 g/mol. The molecule has 0 radical (unpaired) electrons. The van der Waals surface area contributed by atoms with Crippen molar-refractivity contribution in [2.75, 3.05) is 6.61 Å². The Morgan fingerprint density at radius 3 is 2.20 bits per heavy atom. The molecule has 0 bridgehead atoms. The summed E-state index contributed by atoms with van der Waals surface area (Å²) in [6, 6.07) is 8.68. The van der Waals surface area contributed by atoms with Gasteiger partial charge in [-0.05, 0) is 41.9 Å². The van der Waals surface area contributed by atoms with Gasteiger partial charge in [0.15, 0.2) is 0 Å². The first-order valence-corrected chi connectivity index (χ1v) is 8.26. The highest BCUT2D eigenvalue weighted by Gasteiger charge is 2.17. The first-order valence-electron chi connectivity index (χ1n) is 8.26. The molecule has 1 nitrogen and oxygen atoms in total. The molecular weight excluding hydrogens is 244 g/mol. The molecule has 1 rings (SSSR count). The summed E-state index contributed by atoms with van der Waals surface area (Å²) < 4.78 is 5.96. The topological polar surface area (TPSA) is 9.23 Å². The Hall–Kier alpha value is -0.980. The van der Waals surface area contributed by atoms with Crippen molar-refractivity contribution in [3.05, 3.63) is 29.8 Å². The van der Waals surface area contributed by atoms with Gasteiger partial charge in [0, 0.05) is 0 Å². The highest BCUT2D eigenvalue weighted by atomic mass is 16.5. The lowest BCUT2D eigenvalue weighted by Crippen LogP contribution is -2.15. The van der Waals surface area contributed by atoms with E-state index in [4.69, 9.17) is 4.74 Å². The molecule has 0 fully saturated rings. The summed E-state index contributed by atoms with van der Waals surface area (Å²) in [5.41, 5.74) is 1.65. The lowest BCUT2D eigenvalue weighted by atomic mass is 9.82. The largest absolute Gasteiger partial charge is 0.493 e. The van der Waals surface area contributed by atoms with Gasteiger partial charge in [-0.15, -0.1) is 0 Å². The van der Waals surface area contributed by atoms with Gasteiger partial charge in [-0.1, -0.05) is 66.0 Å². The predicted molar refractivity (Wildman–Crippen MR) is 88.6 cm³/mol. The Bertz CT molecular complexity index is 364. The van der Waals surface area contributed by atoms with E-state index in [9.17, 15) is 0 Å². The van der Waals surface area contributed by atoms with Crippen LogP contribution in [0.1, 0.15) is 72.3 Å². The average molecular weight is 276 g/mol. The second kappa shape index (κ2) is 8.34. The third kappa shape index (κ3) is 5.19. The van der Waals surface area contributed by atoms with Crippen LogP contribution < -0.4 is 4.74 Å². The zero-order valence-corrected chi connectivity index (χ0v) is 14.0. The molecule has 0 aliphatic heterocycles. The summed E-state index contributed by atoms with van der Waals surface area (Å²) in [5, 5.41) is 0. The van der Waals surface area contributed by atoms with E-state index < -0.39 is 0 Å². The maximum atomic E-state index is 5.96. The van der Waals surface area contributed by atoms with Crippen LogP contribution in [-0.2, 0) is 5.41 Å². The molecule has 0 aliphatic carbocycles. The summed E-state index contributed by atoms with van der Waals surface area (Å²) in [4.78, 5) is 0. The minimum atomic E-state index is 0.256. The fourth-order valence-electron chi connectivity index (χ4n) is 2.32. The molecule has 0 N–H and O–H groups in total. The smallest absolute Gasteiger partial charge is 0.119 e. The highest BCUT2D eigenvalue weighted by molar-refractivity contribution is 5.31. The molecule has 1 unspecified atom stereocenters. The number of unbranched alkanes of at least 4 members (excludes halogenated alkanes) is 1. The summed E-state index contributed by atoms with van der Waals surface area (Å²) in [7, 11) is 0. The molecule has 1 aromatic carbocycles. The van der Waals surface area contributed by atoms with Crippen molar-refractivity contribution in [3.8, 4) is 5.75 Å². The van der Waals surface area contributed by atoms with Crippen molar-refractivity contribution < 1.29 is 4.74 Å². The van der Waals surface area contributed by atoms with Crippen LogP contribution >= 0.6 is 0 Å². The van der Waals surface area contributed by atoms with E-state index in [-0.39, 0.29) is 5.41 Å². The van der Waals surface area contributed by atoms with E-state index in [0.717, 1.165) is 18.8 Å². The third-order valence-electron chi connectivity index (χ3n) is 4.55. The summed E-state index contributed by atoms with van der Waals surface area (Å²) in [6.45, 7) is 12.2. The Kier molecular flexibility index (Phi) is 7.12. The van der Waals surface area contributed by atoms with Crippen LogP contribution in [0.25, 0.3) is 0 Å². The second-order valence-electron chi connectivity index (χ2n) is 6.49. The first-order chi connectivity index (χ1) is 9.53. The van der Waals surface area contributed by atoms with Crippen molar-refractivity contribution >= 4 is 0 Å². The molecule has 114 valence electrons. The molecule has 1 atom stereocenters. The lowest BCUT2D eigenvalue weighted by molar-refractivity contribution is 0.233. The number of rotatable bonds is 9. The van der Waals surface area contributed by atoms with E-state index in [2.05, 4.69) is 58.9 Å². The fourth-order valence-corrected chi connectivity index (χ4v) is 2.32. The maximum absolute atomic E-state index is 5.96. The molecule has 0 heterocycles. The van der Waals surface area contributed by atoms with Gasteiger partial charge in [-0.3, -0.25) is 0 Å². The normalized spacial score (nSPS) is 13.2. The van der Waals surface area contributed by atoms with Gasteiger partial charge in [-0.2, -0.15) is 0 Å². The zero-order valence-electron chi connectivity index (χ0n) is 14.0. The summed E-state index contributed by atoms with van der Waals surface area (Å²) in [6.07, 6.45) is 6.24. The summed E-state index contributed by atoms with van der Waals surface area (Å²) in [5.74, 6) is 1.71. The Balaban J connectivity index is 2.53. The quantitative estimate of drug-likeness (QED) is 0.540. The second-order valence-corrected chi connectivity index (χ2v) is 6.49. The minimum absolute atomic E-state index is 0.256. The standard InChI is InChI=1S/C19H32O/c1-6-9-10-16(7-2)15-20-18-13-11-17(12-14-18)19(4,5)8-3/h11-14,16H,6-10,15H2,1-5H3. The van der Waals surface area contributed by atoms with E-state index in [1.807, 2.05) is 0 Å². The molecule has 0 aliphatic rings. The molecule has 0 aromatic heterocycles. The fraction of sp³-hybridized carbons (Fsp3) is 0.684. The number of benzene rings is 1. The lowest BCUT2D eigenvalue weighted by Gasteiger charge is -2.23. The van der Waals surface area contributed by atoms with Crippen LogP contribution in [0, 0.1) is 5.92 Å². The number of hydrogen-bond donors (Lipinski definition) is 0. The molecule has 0 amide bonds. The van der Waals surface area contributed by atoms with Gasteiger partial charge < -0.3 is 4.74 Å². The van der Waals surface area contributed by atoms with Crippen LogP contribution in [0.4, 0.5) is 0 Å². The van der Waals surface area contributed by atoms with Gasteiger partial charge in [0.1, 0.15) is 5.75 Å². The third-order valence-corrected chi connectivity index (χ3v) is 4.55. The summed E-state index contributed by atoms with van der Waals surface area (Å²) >= 11 is 0. The number of hydrogen-bond acceptors (Lipinski definition) is 1. The van der Waals surface area contributed by atoms with E-state index in [0.29, 0.717) is 5.92 Å². The molecule has 1 heteroatoms. The van der Waals surface area contributed by atoms with E-state index in [1.54, 1.807) is 0 Å². The maximum Gasteiger partial charge on any atom is 0.119 e. The molecule has 0 spiro atoms. The average Bonchev–Trinajstić information content (AvgIpc) is 2.48. The molecule has 20 heavy (non-hydrogen) atoms. The van der Waals surface area contributed by atoms with Crippen LogP contribution in [0.2, 0.25) is 0 Å². The van der Waals surface area contributed by atoms with Crippen molar-refractivity contribution in [1.29, 1.82) is 0 Å². The van der Waals surface area contributed by atoms with Gasteiger partial charge in [-0.25, -0.2) is 0 Å². The van der Waals surface area contributed by atoms with Crippen LogP contribution in [0.15, 0.2) is 24.3 Å². The van der Waals surface area contributed by atoms with Crippen LogP contribution in [0.3, 0.4) is 0 Å². The Morgan fingerprint density at radius 1 is 1.05 bits per heavy atom.